The van der Waals surface area contributed by atoms with Crippen LogP contribution in [0.4, 0.5) is 5.69 Å². The van der Waals surface area contributed by atoms with Crippen LogP contribution in [0.5, 0.6) is 0 Å². The van der Waals surface area contributed by atoms with Gasteiger partial charge in [0.1, 0.15) is 0 Å². The van der Waals surface area contributed by atoms with Crippen LogP contribution in [0.2, 0.25) is 0 Å². The standard InChI is InChI=1S/C22H20N2O5/c1-13(14-6-7-14)23-19(25)12-29-22(28)15-8-10-16(11-9-15)24-20(26)17-4-2-3-5-18(17)21(24)27/h2-5,8-11,13-14H,6-7,12H2,1H3,(H,23,25). The molecular formula is C22H20N2O5. The van der Waals surface area contributed by atoms with Gasteiger partial charge in [0, 0.05) is 6.04 Å². The molecule has 1 aliphatic carbocycles. The number of ether oxygens (including phenoxy) is 1. The highest BCUT2D eigenvalue weighted by atomic mass is 16.5. The number of carbonyl (C=O) groups is 4. The highest BCUT2D eigenvalue weighted by molar-refractivity contribution is 6.34. The first-order valence-electron chi connectivity index (χ1n) is 9.50. The number of amides is 3. The number of nitrogens with one attached hydrogen (secondary N) is 1. The minimum absolute atomic E-state index is 0.0835. The average molecular weight is 392 g/mol. The third-order valence-electron chi connectivity index (χ3n) is 5.21. The van der Waals surface area contributed by atoms with E-state index in [9.17, 15) is 19.2 Å². The third kappa shape index (κ3) is 3.76. The van der Waals surface area contributed by atoms with Gasteiger partial charge in [-0.25, -0.2) is 9.69 Å². The average Bonchev–Trinajstić information content (AvgIpc) is 3.54. The molecule has 4 rings (SSSR count). The number of hydrogen-bond donors (Lipinski definition) is 1. The number of imide groups is 1. The summed E-state index contributed by atoms with van der Waals surface area (Å²) in [5.41, 5.74) is 1.30. The number of hydrogen-bond acceptors (Lipinski definition) is 5. The maximum absolute atomic E-state index is 12.5. The lowest BCUT2D eigenvalue weighted by Crippen LogP contribution is -2.37. The van der Waals surface area contributed by atoms with Crippen LogP contribution in [0.1, 0.15) is 50.8 Å². The predicted octanol–water partition coefficient (Wildman–Crippen LogP) is 2.56. The Morgan fingerprint density at radius 1 is 1.03 bits per heavy atom. The Bertz CT molecular complexity index is 960. The van der Waals surface area contributed by atoms with Crippen molar-refractivity contribution in [1.29, 1.82) is 0 Å². The van der Waals surface area contributed by atoms with E-state index in [2.05, 4.69) is 5.32 Å². The first kappa shape index (κ1) is 18.9. The fraction of sp³-hybridized carbons (Fsp3) is 0.273. The second kappa shape index (κ2) is 7.50. The quantitative estimate of drug-likeness (QED) is 0.602. The molecule has 0 bridgehead atoms. The van der Waals surface area contributed by atoms with Gasteiger partial charge in [-0.05, 0) is 62.1 Å². The smallest absolute Gasteiger partial charge is 0.338 e. The SMILES string of the molecule is CC(NC(=O)COC(=O)c1ccc(N2C(=O)c3ccccc3C2=O)cc1)C1CC1. The van der Waals surface area contributed by atoms with E-state index in [0.29, 0.717) is 22.7 Å². The van der Waals surface area contributed by atoms with E-state index in [1.165, 1.54) is 24.3 Å². The number of benzene rings is 2. The molecule has 1 heterocycles. The number of fused-ring (bicyclic) bond motifs is 1. The summed E-state index contributed by atoms with van der Waals surface area (Å²) in [6.45, 7) is 1.59. The van der Waals surface area contributed by atoms with Crippen LogP contribution in [-0.2, 0) is 9.53 Å². The van der Waals surface area contributed by atoms with Crippen LogP contribution in [0.15, 0.2) is 48.5 Å². The highest BCUT2D eigenvalue weighted by Crippen LogP contribution is 2.32. The summed E-state index contributed by atoms with van der Waals surface area (Å²) in [7, 11) is 0. The van der Waals surface area contributed by atoms with Gasteiger partial charge in [-0.15, -0.1) is 0 Å². The van der Waals surface area contributed by atoms with Gasteiger partial charge < -0.3 is 10.1 Å². The third-order valence-corrected chi connectivity index (χ3v) is 5.21. The molecule has 1 fully saturated rings. The summed E-state index contributed by atoms with van der Waals surface area (Å²) in [5.74, 6) is -1.26. The number of anilines is 1. The van der Waals surface area contributed by atoms with Crippen molar-refractivity contribution in [3.05, 3.63) is 65.2 Å². The van der Waals surface area contributed by atoms with Crippen molar-refractivity contribution in [1.82, 2.24) is 5.32 Å². The molecule has 7 heteroatoms. The van der Waals surface area contributed by atoms with Crippen molar-refractivity contribution >= 4 is 29.4 Å². The van der Waals surface area contributed by atoms with Crippen molar-refractivity contribution < 1.29 is 23.9 Å². The van der Waals surface area contributed by atoms with Crippen molar-refractivity contribution in [2.24, 2.45) is 5.92 Å². The van der Waals surface area contributed by atoms with Crippen LogP contribution in [0.25, 0.3) is 0 Å². The monoisotopic (exact) mass is 392 g/mol. The van der Waals surface area contributed by atoms with Crippen LogP contribution in [0, 0.1) is 5.92 Å². The van der Waals surface area contributed by atoms with Crippen molar-refractivity contribution in [3.8, 4) is 0 Å². The lowest BCUT2D eigenvalue weighted by molar-refractivity contribution is -0.125. The van der Waals surface area contributed by atoms with Gasteiger partial charge in [0.25, 0.3) is 17.7 Å². The number of rotatable bonds is 6. The molecule has 3 amide bonds. The highest BCUT2D eigenvalue weighted by Gasteiger charge is 2.36. The molecule has 29 heavy (non-hydrogen) atoms. The number of nitrogens with zero attached hydrogens (tertiary/aromatic N) is 1. The van der Waals surface area contributed by atoms with Crippen molar-refractivity contribution in [2.75, 3.05) is 11.5 Å². The van der Waals surface area contributed by atoms with E-state index >= 15 is 0 Å². The lowest BCUT2D eigenvalue weighted by Gasteiger charge is -2.14. The Kier molecular flexibility index (Phi) is 4.88. The summed E-state index contributed by atoms with van der Waals surface area (Å²) in [6, 6.07) is 12.6. The molecule has 2 aromatic rings. The molecule has 1 atom stereocenters. The van der Waals surface area contributed by atoms with Crippen LogP contribution >= 0.6 is 0 Å². The zero-order valence-corrected chi connectivity index (χ0v) is 15.9. The van der Waals surface area contributed by atoms with E-state index in [1.807, 2.05) is 6.92 Å². The molecule has 7 nitrogen and oxygen atoms in total. The maximum Gasteiger partial charge on any atom is 0.338 e. The summed E-state index contributed by atoms with van der Waals surface area (Å²) in [4.78, 5) is 50.1. The molecule has 2 aromatic carbocycles. The topological polar surface area (TPSA) is 92.8 Å². The van der Waals surface area contributed by atoms with Gasteiger partial charge in [0.2, 0.25) is 0 Å². The van der Waals surface area contributed by atoms with Gasteiger partial charge in [0.15, 0.2) is 6.61 Å². The maximum atomic E-state index is 12.5. The van der Waals surface area contributed by atoms with E-state index in [1.54, 1.807) is 24.3 Å². The number of carbonyl (C=O) groups excluding carboxylic acids is 4. The number of esters is 1. The van der Waals surface area contributed by atoms with E-state index in [-0.39, 0.29) is 24.1 Å². The molecule has 2 aliphatic rings. The Hall–Kier alpha value is -3.48. The zero-order valence-electron chi connectivity index (χ0n) is 15.9. The second-order valence-electron chi connectivity index (χ2n) is 7.31. The minimum atomic E-state index is -0.645. The van der Waals surface area contributed by atoms with Gasteiger partial charge >= 0.3 is 5.97 Å². The van der Waals surface area contributed by atoms with Crippen LogP contribution in [-0.4, -0.2) is 36.3 Å². The first-order chi connectivity index (χ1) is 14.0. The minimum Gasteiger partial charge on any atom is -0.452 e. The fourth-order valence-electron chi connectivity index (χ4n) is 3.39. The molecule has 0 saturated heterocycles. The molecule has 0 aromatic heterocycles. The van der Waals surface area contributed by atoms with Gasteiger partial charge in [-0.1, -0.05) is 12.1 Å². The molecule has 1 aliphatic heterocycles. The van der Waals surface area contributed by atoms with Crippen LogP contribution in [0.3, 0.4) is 0 Å². The van der Waals surface area contributed by atoms with E-state index < -0.39 is 17.8 Å². The summed E-state index contributed by atoms with van der Waals surface area (Å²) in [5, 5.41) is 2.82. The molecule has 1 saturated carbocycles. The molecule has 1 unspecified atom stereocenters. The van der Waals surface area contributed by atoms with Gasteiger partial charge in [0.05, 0.1) is 22.4 Å². The summed E-state index contributed by atoms with van der Waals surface area (Å²) < 4.78 is 5.05. The molecule has 0 spiro atoms. The lowest BCUT2D eigenvalue weighted by atomic mass is 10.1. The van der Waals surface area contributed by atoms with Crippen molar-refractivity contribution in [2.45, 2.75) is 25.8 Å². The Morgan fingerprint density at radius 2 is 1.62 bits per heavy atom. The van der Waals surface area contributed by atoms with Crippen LogP contribution < -0.4 is 10.2 Å². The molecule has 0 radical (unpaired) electrons. The van der Waals surface area contributed by atoms with Gasteiger partial charge in [-0.2, -0.15) is 0 Å². The summed E-state index contributed by atoms with van der Waals surface area (Å²) >= 11 is 0. The Morgan fingerprint density at radius 3 is 2.17 bits per heavy atom. The normalized spacial score (nSPS) is 16.4. The molecule has 148 valence electrons. The van der Waals surface area contributed by atoms with Crippen molar-refractivity contribution in [3.63, 3.8) is 0 Å². The predicted molar refractivity (Wildman–Crippen MR) is 105 cm³/mol. The van der Waals surface area contributed by atoms with Gasteiger partial charge in [-0.3, -0.25) is 14.4 Å². The summed E-state index contributed by atoms with van der Waals surface area (Å²) in [6.07, 6.45) is 2.22. The van der Waals surface area contributed by atoms with E-state index in [0.717, 1.165) is 17.7 Å². The fourth-order valence-corrected chi connectivity index (χ4v) is 3.39. The molecule has 1 N–H and O–H groups in total. The largest absolute Gasteiger partial charge is 0.452 e. The zero-order chi connectivity index (χ0) is 20.5. The Labute approximate surface area is 167 Å². The van der Waals surface area contributed by atoms with E-state index in [4.69, 9.17) is 4.74 Å². The molecular weight excluding hydrogens is 372 g/mol. The Balaban J connectivity index is 1.38. The first-order valence-corrected chi connectivity index (χ1v) is 9.50. The second-order valence-corrected chi connectivity index (χ2v) is 7.31.